The average molecular weight is 498 g/mol. The van der Waals surface area contributed by atoms with Gasteiger partial charge in [0.05, 0.1) is 11.0 Å². The fourth-order valence-corrected chi connectivity index (χ4v) is 5.01. The SMILES string of the molecule is CCCCCCCCCCCCCCCCn1c(-c2cccc(Br)c2)nc2ccccc21. The lowest BCUT2D eigenvalue weighted by molar-refractivity contribution is 0.526. The molecule has 0 aliphatic heterocycles. The van der Waals surface area contributed by atoms with Gasteiger partial charge in [0.15, 0.2) is 0 Å². The fourth-order valence-electron chi connectivity index (χ4n) is 4.61. The molecule has 0 atom stereocenters. The molecule has 174 valence electrons. The van der Waals surface area contributed by atoms with E-state index in [1.165, 1.54) is 101 Å². The lowest BCUT2D eigenvalue weighted by Gasteiger charge is -2.10. The molecule has 1 aromatic heterocycles. The molecule has 0 unspecified atom stereocenters. The number of nitrogens with zero attached hydrogens (tertiary/aromatic N) is 2. The quantitative estimate of drug-likeness (QED) is 0.180. The Hall–Kier alpha value is -1.61. The topological polar surface area (TPSA) is 17.8 Å². The molecular formula is C29H41BrN2. The molecule has 32 heavy (non-hydrogen) atoms. The third kappa shape index (κ3) is 8.06. The van der Waals surface area contributed by atoms with E-state index >= 15 is 0 Å². The van der Waals surface area contributed by atoms with Crippen molar-refractivity contribution in [3.05, 3.63) is 53.0 Å². The van der Waals surface area contributed by atoms with Gasteiger partial charge in [-0.2, -0.15) is 0 Å². The normalized spacial score (nSPS) is 11.4. The first-order valence-corrected chi connectivity index (χ1v) is 13.8. The number of hydrogen-bond donors (Lipinski definition) is 0. The van der Waals surface area contributed by atoms with Crippen molar-refractivity contribution in [2.45, 2.75) is 103 Å². The fraction of sp³-hybridized carbons (Fsp3) is 0.552. The van der Waals surface area contributed by atoms with Crippen molar-refractivity contribution in [1.29, 1.82) is 0 Å². The van der Waals surface area contributed by atoms with Gasteiger partial charge in [-0.3, -0.25) is 0 Å². The van der Waals surface area contributed by atoms with E-state index in [4.69, 9.17) is 4.98 Å². The number of imidazole rings is 1. The van der Waals surface area contributed by atoms with Crippen LogP contribution in [0.3, 0.4) is 0 Å². The van der Waals surface area contributed by atoms with Gasteiger partial charge >= 0.3 is 0 Å². The van der Waals surface area contributed by atoms with Gasteiger partial charge in [0.2, 0.25) is 0 Å². The molecule has 2 nitrogen and oxygen atoms in total. The molecular weight excluding hydrogens is 456 g/mol. The van der Waals surface area contributed by atoms with E-state index in [2.05, 4.69) is 76.0 Å². The zero-order valence-electron chi connectivity index (χ0n) is 20.0. The van der Waals surface area contributed by atoms with Crippen LogP contribution in [0.15, 0.2) is 53.0 Å². The summed E-state index contributed by atoms with van der Waals surface area (Å²) in [7, 11) is 0. The van der Waals surface area contributed by atoms with Gasteiger partial charge in [-0.1, -0.05) is 131 Å². The van der Waals surface area contributed by atoms with Crippen molar-refractivity contribution in [2.75, 3.05) is 0 Å². The highest BCUT2D eigenvalue weighted by atomic mass is 79.9. The van der Waals surface area contributed by atoms with Gasteiger partial charge in [0.25, 0.3) is 0 Å². The Morgan fingerprint density at radius 2 is 1.28 bits per heavy atom. The Balaban J connectivity index is 1.36. The summed E-state index contributed by atoms with van der Waals surface area (Å²) < 4.78 is 3.52. The van der Waals surface area contributed by atoms with Crippen LogP contribution in [0.2, 0.25) is 0 Å². The van der Waals surface area contributed by atoms with Crippen molar-refractivity contribution in [1.82, 2.24) is 9.55 Å². The summed E-state index contributed by atoms with van der Waals surface area (Å²) in [4.78, 5) is 4.95. The number of para-hydroxylation sites is 2. The summed E-state index contributed by atoms with van der Waals surface area (Å²) in [6.07, 6.45) is 19.5. The third-order valence-corrected chi connectivity index (χ3v) is 6.97. The number of unbranched alkanes of at least 4 members (excludes halogenated alkanes) is 13. The van der Waals surface area contributed by atoms with Gasteiger partial charge in [0.1, 0.15) is 5.82 Å². The number of aromatic nitrogens is 2. The molecule has 0 bridgehead atoms. The summed E-state index contributed by atoms with van der Waals surface area (Å²) in [6, 6.07) is 17.0. The summed E-state index contributed by atoms with van der Waals surface area (Å²) in [5.41, 5.74) is 3.52. The Kier molecular flexibility index (Phi) is 11.4. The zero-order chi connectivity index (χ0) is 22.4. The van der Waals surface area contributed by atoms with Crippen molar-refractivity contribution < 1.29 is 0 Å². The van der Waals surface area contributed by atoms with E-state index in [1.54, 1.807) is 0 Å². The Morgan fingerprint density at radius 1 is 0.688 bits per heavy atom. The molecule has 0 N–H and O–H groups in total. The largest absolute Gasteiger partial charge is 0.324 e. The van der Waals surface area contributed by atoms with E-state index in [1.807, 2.05) is 0 Å². The smallest absolute Gasteiger partial charge is 0.141 e. The summed E-state index contributed by atoms with van der Waals surface area (Å²) >= 11 is 3.61. The van der Waals surface area contributed by atoms with Crippen molar-refractivity contribution in [2.24, 2.45) is 0 Å². The molecule has 0 aliphatic rings. The van der Waals surface area contributed by atoms with Gasteiger partial charge < -0.3 is 4.57 Å². The summed E-state index contributed by atoms with van der Waals surface area (Å²) in [6.45, 7) is 3.33. The number of aryl methyl sites for hydroxylation is 1. The van der Waals surface area contributed by atoms with Crippen LogP contribution in [0.5, 0.6) is 0 Å². The number of rotatable bonds is 16. The lowest BCUT2D eigenvalue weighted by atomic mass is 10.0. The maximum Gasteiger partial charge on any atom is 0.141 e. The molecule has 0 saturated carbocycles. The zero-order valence-corrected chi connectivity index (χ0v) is 21.6. The molecule has 0 spiro atoms. The lowest BCUT2D eigenvalue weighted by Crippen LogP contribution is -2.01. The molecule has 0 saturated heterocycles. The first-order chi connectivity index (χ1) is 15.8. The van der Waals surface area contributed by atoms with E-state index in [-0.39, 0.29) is 0 Å². The monoisotopic (exact) mass is 496 g/mol. The first kappa shape index (κ1) is 25.0. The highest BCUT2D eigenvalue weighted by Crippen LogP contribution is 2.27. The predicted octanol–water partition coefficient (Wildman–Crippen LogP) is 9.95. The van der Waals surface area contributed by atoms with Crippen LogP contribution < -0.4 is 0 Å². The first-order valence-electron chi connectivity index (χ1n) is 13.0. The molecule has 2 aromatic carbocycles. The maximum atomic E-state index is 4.95. The van der Waals surface area contributed by atoms with Crippen molar-refractivity contribution in [3.8, 4) is 11.4 Å². The number of halogens is 1. The van der Waals surface area contributed by atoms with Gasteiger partial charge in [-0.15, -0.1) is 0 Å². The molecule has 0 aliphatic carbocycles. The highest BCUT2D eigenvalue weighted by Gasteiger charge is 2.12. The minimum atomic E-state index is 1.04. The van der Waals surface area contributed by atoms with Crippen LogP contribution in [0.1, 0.15) is 96.8 Å². The molecule has 3 heteroatoms. The van der Waals surface area contributed by atoms with Crippen LogP contribution in [-0.4, -0.2) is 9.55 Å². The molecule has 0 radical (unpaired) electrons. The summed E-state index contributed by atoms with van der Waals surface area (Å²) in [5, 5.41) is 0. The minimum Gasteiger partial charge on any atom is -0.324 e. The van der Waals surface area contributed by atoms with Crippen LogP contribution in [0.25, 0.3) is 22.4 Å². The maximum absolute atomic E-state index is 4.95. The molecule has 3 aromatic rings. The second-order valence-electron chi connectivity index (χ2n) is 9.18. The molecule has 0 amide bonds. The van der Waals surface area contributed by atoms with Gasteiger partial charge in [0, 0.05) is 16.6 Å². The Labute approximate surface area is 204 Å². The number of fused-ring (bicyclic) bond motifs is 1. The van der Waals surface area contributed by atoms with Crippen molar-refractivity contribution in [3.63, 3.8) is 0 Å². The van der Waals surface area contributed by atoms with E-state index < -0.39 is 0 Å². The average Bonchev–Trinajstić information content (AvgIpc) is 3.18. The van der Waals surface area contributed by atoms with Crippen LogP contribution >= 0.6 is 15.9 Å². The summed E-state index contributed by atoms with van der Waals surface area (Å²) in [5.74, 6) is 1.09. The Morgan fingerprint density at radius 3 is 1.91 bits per heavy atom. The minimum absolute atomic E-state index is 1.04. The van der Waals surface area contributed by atoms with Crippen LogP contribution in [0, 0.1) is 0 Å². The standard InChI is InChI=1S/C29H41BrN2/c1-2-3-4-5-6-7-8-9-10-11-12-13-14-17-23-32-28-22-16-15-21-27(28)31-29(32)25-19-18-20-26(30)24-25/h15-16,18-22,24H,2-14,17,23H2,1H3. The van der Waals surface area contributed by atoms with E-state index in [0.29, 0.717) is 0 Å². The Bertz CT molecular complexity index is 914. The molecule has 0 fully saturated rings. The molecule has 3 rings (SSSR count). The molecule has 1 heterocycles. The van der Waals surface area contributed by atoms with Gasteiger partial charge in [-0.05, 0) is 30.7 Å². The van der Waals surface area contributed by atoms with Crippen LogP contribution in [-0.2, 0) is 6.54 Å². The second kappa shape index (κ2) is 14.5. The second-order valence-corrected chi connectivity index (χ2v) is 10.1. The van der Waals surface area contributed by atoms with Gasteiger partial charge in [-0.25, -0.2) is 4.98 Å². The van der Waals surface area contributed by atoms with E-state index in [0.717, 1.165) is 22.4 Å². The number of benzene rings is 2. The highest BCUT2D eigenvalue weighted by molar-refractivity contribution is 9.10. The van der Waals surface area contributed by atoms with Crippen LogP contribution in [0.4, 0.5) is 0 Å². The predicted molar refractivity (Wildman–Crippen MR) is 143 cm³/mol. The van der Waals surface area contributed by atoms with E-state index in [9.17, 15) is 0 Å². The third-order valence-electron chi connectivity index (χ3n) is 6.47. The number of hydrogen-bond acceptors (Lipinski definition) is 1. The van der Waals surface area contributed by atoms with Crippen molar-refractivity contribution >= 4 is 27.0 Å².